The number of nitrogens with zero attached hydrogens (tertiary/aromatic N) is 1. The summed E-state index contributed by atoms with van der Waals surface area (Å²) >= 11 is 0. The van der Waals surface area contributed by atoms with E-state index >= 15 is 0 Å². The molecule has 0 saturated carbocycles. The van der Waals surface area contributed by atoms with Gasteiger partial charge < -0.3 is 20.1 Å². The minimum Gasteiger partial charge on any atom is -0.390 e. The van der Waals surface area contributed by atoms with Crippen LogP contribution in [0.1, 0.15) is 81.9 Å². The molecule has 0 amide bonds. The molecule has 1 aliphatic heterocycles. The van der Waals surface area contributed by atoms with Gasteiger partial charge in [-0.25, -0.2) is 13.2 Å². The van der Waals surface area contributed by atoms with Crippen LogP contribution in [0.25, 0.3) is 10.9 Å². The molecule has 4 nitrogen and oxygen atoms in total. The van der Waals surface area contributed by atoms with E-state index in [0.717, 1.165) is 31.1 Å². The number of aliphatic hydroxyl groups is 2. The van der Waals surface area contributed by atoms with Crippen LogP contribution in [0.15, 0.2) is 42.5 Å². The van der Waals surface area contributed by atoms with Gasteiger partial charge in [0.2, 0.25) is 0 Å². The molecule has 0 radical (unpaired) electrons. The second-order valence-corrected chi connectivity index (χ2v) is 11.8. The molecule has 1 atom stereocenters. The van der Waals surface area contributed by atoms with Crippen molar-refractivity contribution in [2.45, 2.75) is 85.2 Å². The van der Waals surface area contributed by atoms with Crippen molar-refractivity contribution < 1.29 is 27.8 Å². The number of para-hydroxylation sites is 1. The number of hydrogen-bond acceptors (Lipinski definition) is 3. The van der Waals surface area contributed by atoms with Crippen molar-refractivity contribution in [1.82, 2.24) is 9.88 Å². The molecule has 8 heteroatoms. The van der Waals surface area contributed by atoms with Crippen molar-refractivity contribution in [2.75, 3.05) is 32.9 Å². The molecule has 1 saturated heterocycles. The van der Waals surface area contributed by atoms with E-state index in [-0.39, 0.29) is 24.8 Å². The second kappa shape index (κ2) is 17.6. The molecule has 1 fully saturated rings. The van der Waals surface area contributed by atoms with E-state index in [1.54, 1.807) is 5.56 Å². The first kappa shape index (κ1) is 35.8. The average Bonchev–Trinajstić information content (AvgIpc) is 3.27. The molecule has 4 rings (SSSR count). The summed E-state index contributed by atoms with van der Waals surface area (Å²) in [6.45, 7) is 10.9. The minimum absolute atomic E-state index is 0.130. The zero-order valence-corrected chi connectivity index (χ0v) is 25.9. The SMILES string of the molecule is CCC(F)(F)CO.CCCCc1[nH]c2ccccc2c1CC(C)C.Cc1cc(F)cc(C(O)C2CN(CCCF)C2)c1. The van der Waals surface area contributed by atoms with E-state index in [9.17, 15) is 22.7 Å². The van der Waals surface area contributed by atoms with Gasteiger partial charge in [0.1, 0.15) is 12.4 Å². The Morgan fingerprint density at radius 1 is 1.07 bits per heavy atom. The molecule has 3 aromatic rings. The molecule has 236 valence electrons. The summed E-state index contributed by atoms with van der Waals surface area (Å²) in [7, 11) is 0. The summed E-state index contributed by atoms with van der Waals surface area (Å²) < 4.78 is 48.5. The molecular weight excluding hydrogens is 544 g/mol. The summed E-state index contributed by atoms with van der Waals surface area (Å²) in [4.78, 5) is 5.72. The molecule has 0 bridgehead atoms. The first-order chi connectivity index (χ1) is 19.9. The van der Waals surface area contributed by atoms with Gasteiger partial charge in [-0.3, -0.25) is 4.39 Å². The Hall–Kier alpha value is -2.42. The lowest BCUT2D eigenvalue weighted by Crippen LogP contribution is -2.49. The quantitative estimate of drug-likeness (QED) is 0.185. The fourth-order valence-corrected chi connectivity index (χ4v) is 5.06. The summed E-state index contributed by atoms with van der Waals surface area (Å²) in [6.07, 6.45) is 4.54. The number of benzene rings is 2. The van der Waals surface area contributed by atoms with Crippen molar-refractivity contribution in [3.05, 3.63) is 70.7 Å². The molecule has 1 unspecified atom stereocenters. The van der Waals surface area contributed by atoms with Gasteiger partial charge >= 0.3 is 0 Å². The van der Waals surface area contributed by atoms with Crippen LogP contribution in [0, 0.1) is 24.6 Å². The maximum absolute atomic E-state index is 13.3. The fourth-order valence-electron chi connectivity index (χ4n) is 5.06. The van der Waals surface area contributed by atoms with E-state index in [1.165, 1.54) is 61.3 Å². The van der Waals surface area contributed by atoms with Gasteiger partial charge in [-0.1, -0.05) is 58.4 Å². The highest BCUT2D eigenvalue weighted by atomic mass is 19.3. The Morgan fingerprint density at radius 3 is 2.31 bits per heavy atom. The van der Waals surface area contributed by atoms with E-state index in [0.29, 0.717) is 12.0 Å². The molecule has 2 heterocycles. The first-order valence-electron chi connectivity index (χ1n) is 15.2. The predicted octanol–water partition coefficient (Wildman–Crippen LogP) is 8.19. The largest absolute Gasteiger partial charge is 0.390 e. The minimum atomic E-state index is -2.86. The van der Waals surface area contributed by atoms with Crippen molar-refractivity contribution in [3.63, 3.8) is 0 Å². The lowest BCUT2D eigenvalue weighted by atomic mass is 9.88. The number of alkyl halides is 3. The molecule has 2 aromatic carbocycles. The van der Waals surface area contributed by atoms with Gasteiger partial charge in [0, 0.05) is 48.6 Å². The number of nitrogens with one attached hydrogen (secondary N) is 1. The third kappa shape index (κ3) is 11.3. The Bertz CT molecular complexity index is 1170. The maximum atomic E-state index is 13.3. The molecule has 1 aromatic heterocycles. The van der Waals surface area contributed by atoms with Crippen LogP contribution < -0.4 is 0 Å². The number of aliphatic hydroxyl groups excluding tert-OH is 2. The predicted molar refractivity (Wildman–Crippen MR) is 164 cm³/mol. The van der Waals surface area contributed by atoms with Gasteiger partial charge in [0.25, 0.3) is 5.92 Å². The topological polar surface area (TPSA) is 59.5 Å². The molecule has 0 aliphatic carbocycles. The molecule has 3 N–H and O–H groups in total. The third-order valence-corrected chi connectivity index (χ3v) is 7.49. The standard InChI is InChI=1S/C16H23N.C14H19F2NO.C4H8F2O/c1-4-5-9-16-14(11-12(2)3)13-8-6-7-10-15(13)17-16;1-10-5-11(7-13(16)6-10)14(18)12-8-17(9-12)4-2-3-15;1-2-4(5,6)3-7/h6-8,10,12,17H,4-5,9,11H2,1-3H3;5-7,12,14,18H,2-4,8-9H2,1H3;7H,2-3H2,1H3. The highest BCUT2D eigenvalue weighted by molar-refractivity contribution is 5.84. The van der Waals surface area contributed by atoms with Crippen LogP contribution >= 0.6 is 0 Å². The van der Waals surface area contributed by atoms with E-state index in [1.807, 2.05) is 13.0 Å². The number of fused-ring (bicyclic) bond motifs is 1. The maximum Gasteiger partial charge on any atom is 0.270 e. The van der Waals surface area contributed by atoms with E-state index < -0.39 is 18.6 Å². The van der Waals surface area contributed by atoms with Crippen LogP contribution in [0.2, 0.25) is 0 Å². The van der Waals surface area contributed by atoms with Crippen LogP contribution in [0.5, 0.6) is 0 Å². The summed E-state index contributed by atoms with van der Waals surface area (Å²) in [6, 6.07) is 13.4. The summed E-state index contributed by atoms with van der Waals surface area (Å²) in [5.41, 5.74) is 5.76. The highest BCUT2D eigenvalue weighted by Crippen LogP contribution is 2.31. The highest BCUT2D eigenvalue weighted by Gasteiger charge is 2.33. The number of rotatable bonds is 12. The van der Waals surface area contributed by atoms with Crippen molar-refractivity contribution >= 4 is 10.9 Å². The van der Waals surface area contributed by atoms with E-state index in [2.05, 4.69) is 54.9 Å². The van der Waals surface area contributed by atoms with Crippen LogP contribution in [-0.2, 0) is 12.8 Å². The molecule has 1 aliphatic rings. The molecule has 42 heavy (non-hydrogen) atoms. The van der Waals surface area contributed by atoms with Crippen molar-refractivity contribution in [1.29, 1.82) is 0 Å². The van der Waals surface area contributed by atoms with Gasteiger partial charge in [-0.05, 0) is 73.4 Å². The number of aromatic amines is 1. The lowest BCUT2D eigenvalue weighted by Gasteiger charge is -2.41. The zero-order valence-electron chi connectivity index (χ0n) is 25.9. The Balaban J connectivity index is 0.000000241. The number of unbranched alkanes of at least 4 members (excludes halogenated alkanes) is 1. The number of aromatic nitrogens is 1. The van der Waals surface area contributed by atoms with Crippen LogP contribution in [0.4, 0.5) is 17.6 Å². The van der Waals surface area contributed by atoms with Gasteiger partial charge in [-0.15, -0.1) is 0 Å². The third-order valence-electron chi connectivity index (χ3n) is 7.49. The lowest BCUT2D eigenvalue weighted by molar-refractivity contribution is -0.0522. The van der Waals surface area contributed by atoms with Gasteiger partial charge in [0.05, 0.1) is 12.8 Å². The van der Waals surface area contributed by atoms with Crippen LogP contribution in [-0.4, -0.2) is 58.9 Å². The summed E-state index contributed by atoms with van der Waals surface area (Å²) in [5.74, 6) is -2.32. The average molecular weight is 595 g/mol. The second-order valence-electron chi connectivity index (χ2n) is 11.8. The zero-order chi connectivity index (χ0) is 31.3. The molecular formula is C34H50F4N2O2. The normalized spacial score (nSPS) is 14.7. The van der Waals surface area contributed by atoms with Crippen molar-refractivity contribution in [3.8, 4) is 0 Å². The Morgan fingerprint density at radius 2 is 1.76 bits per heavy atom. The Labute approximate surface area is 249 Å². The number of halogens is 4. The smallest absolute Gasteiger partial charge is 0.270 e. The molecule has 0 spiro atoms. The number of likely N-dealkylation sites (tertiary alicyclic amines) is 1. The van der Waals surface area contributed by atoms with Gasteiger partial charge in [-0.2, -0.15) is 0 Å². The van der Waals surface area contributed by atoms with Crippen molar-refractivity contribution in [2.24, 2.45) is 11.8 Å². The number of hydrogen-bond donors (Lipinski definition) is 3. The first-order valence-corrected chi connectivity index (χ1v) is 15.2. The Kier molecular flexibility index (Phi) is 15.0. The number of aryl methyl sites for hydroxylation is 2. The monoisotopic (exact) mass is 594 g/mol. The van der Waals surface area contributed by atoms with Gasteiger partial charge in [0.15, 0.2) is 0 Å². The van der Waals surface area contributed by atoms with E-state index in [4.69, 9.17) is 5.11 Å². The number of H-pyrrole nitrogens is 1. The van der Waals surface area contributed by atoms with Crippen LogP contribution in [0.3, 0.4) is 0 Å². The fraction of sp³-hybridized carbons (Fsp3) is 0.588. The summed E-state index contributed by atoms with van der Waals surface area (Å²) in [5, 5.41) is 19.4.